The number of hydrogen-bond acceptors (Lipinski definition) is 4. The lowest BCUT2D eigenvalue weighted by Gasteiger charge is -2.02. The number of fused-ring (bicyclic) bond motifs is 1. The fourth-order valence-corrected chi connectivity index (χ4v) is 2.96. The number of H-pyrrole nitrogens is 1. The van der Waals surface area contributed by atoms with Gasteiger partial charge in [0.15, 0.2) is 0 Å². The lowest BCUT2D eigenvalue weighted by atomic mass is 10.1. The Morgan fingerprint density at radius 1 is 1.37 bits per heavy atom. The molecule has 96 valence electrons. The minimum atomic E-state index is -0.160. The number of aromatic amines is 1. The average molecular weight is 272 g/mol. The molecule has 0 fully saturated rings. The van der Waals surface area contributed by atoms with Gasteiger partial charge < -0.3 is 9.72 Å². The van der Waals surface area contributed by atoms with E-state index in [2.05, 4.69) is 16.0 Å². The molecule has 3 aromatic rings. The molecule has 0 aliphatic carbocycles. The van der Waals surface area contributed by atoms with Gasteiger partial charge in [0.2, 0.25) is 0 Å². The van der Waals surface area contributed by atoms with Crippen molar-refractivity contribution in [1.82, 2.24) is 9.97 Å². The van der Waals surface area contributed by atoms with Crippen LogP contribution in [0.4, 0.5) is 0 Å². The van der Waals surface area contributed by atoms with Gasteiger partial charge in [0.1, 0.15) is 5.82 Å². The van der Waals surface area contributed by atoms with E-state index in [0.29, 0.717) is 18.1 Å². The van der Waals surface area contributed by atoms with Gasteiger partial charge in [0.25, 0.3) is 5.56 Å². The molecule has 1 aromatic carbocycles. The molecular formula is C14H12N2O2S. The van der Waals surface area contributed by atoms with Gasteiger partial charge >= 0.3 is 0 Å². The minimum absolute atomic E-state index is 0.160. The van der Waals surface area contributed by atoms with E-state index in [0.717, 1.165) is 10.9 Å². The first kappa shape index (κ1) is 12.1. The standard InChI is InChI=1S/C14H12N2O2S/c1-18-7-9-6-13(17)16-14(15-9)11-8-19-12-5-3-2-4-10(11)12/h2-6,8H,7H2,1H3,(H,15,16,17). The lowest BCUT2D eigenvalue weighted by Crippen LogP contribution is -2.10. The first-order valence-corrected chi connectivity index (χ1v) is 6.71. The molecule has 0 bridgehead atoms. The molecule has 0 amide bonds. The molecule has 4 nitrogen and oxygen atoms in total. The topological polar surface area (TPSA) is 55.0 Å². The van der Waals surface area contributed by atoms with Crippen LogP contribution in [0, 0.1) is 0 Å². The first-order chi connectivity index (χ1) is 9.28. The molecule has 0 saturated heterocycles. The Balaban J connectivity index is 2.18. The molecule has 2 aromatic heterocycles. The van der Waals surface area contributed by atoms with Gasteiger partial charge in [-0.15, -0.1) is 11.3 Å². The summed E-state index contributed by atoms with van der Waals surface area (Å²) >= 11 is 1.64. The number of methoxy groups -OCH3 is 1. The van der Waals surface area contributed by atoms with Crippen molar-refractivity contribution >= 4 is 21.4 Å². The Labute approximate surface area is 113 Å². The van der Waals surface area contributed by atoms with E-state index >= 15 is 0 Å². The van der Waals surface area contributed by atoms with E-state index in [1.54, 1.807) is 18.4 Å². The van der Waals surface area contributed by atoms with Crippen LogP contribution in [-0.4, -0.2) is 17.1 Å². The van der Waals surface area contributed by atoms with Crippen molar-refractivity contribution in [3.63, 3.8) is 0 Å². The maximum atomic E-state index is 11.7. The van der Waals surface area contributed by atoms with Crippen molar-refractivity contribution in [3.8, 4) is 11.4 Å². The van der Waals surface area contributed by atoms with Gasteiger partial charge in [-0.25, -0.2) is 4.98 Å². The van der Waals surface area contributed by atoms with E-state index in [-0.39, 0.29) is 5.56 Å². The number of thiophene rings is 1. The van der Waals surface area contributed by atoms with Gasteiger partial charge in [0, 0.05) is 34.2 Å². The van der Waals surface area contributed by atoms with Crippen molar-refractivity contribution in [1.29, 1.82) is 0 Å². The van der Waals surface area contributed by atoms with Crippen molar-refractivity contribution in [2.75, 3.05) is 7.11 Å². The molecule has 1 N–H and O–H groups in total. The molecule has 0 aliphatic heterocycles. The molecule has 0 atom stereocenters. The number of rotatable bonds is 3. The van der Waals surface area contributed by atoms with Gasteiger partial charge in [-0.3, -0.25) is 4.79 Å². The van der Waals surface area contributed by atoms with Gasteiger partial charge in [-0.1, -0.05) is 18.2 Å². The second-order valence-corrected chi connectivity index (χ2v) is 5.08. The zero-order valence-electron chi connectivity index (χ0n) is 10.3. The van der Waals surface area contributed by atoms with Crippen LogP contribution >= 0.6 is 11.3 Å². The normalized spacial score (nSPS) is 11.0. The van der Waals surface area contributed by atoms with Gasteiger partial charge in [0.05, 0.1) is 12.3 Å². The van der Waals surface area contributed by atoms with Crippen LogP contribution in [0.25, 0.3) is 21.5 Å². The maximum Gasteiger partial charge on any atom is 0.251 e. The van der Waals surface area contributed by atoms with Crippen molar-refractivity contribution in [2.45, 2.75) is 6.61 Å². The Kier molecular flexibility index (Phi) is 3.15. The second kappa shape index (κ2) is 4.95. The molecular weight excluding hydrogens is 260 g/mol. The summed E-state index contributed by atoms with van der Waals surface area (Å²) in [4.78, 5) is 18.9. The van der Waals surface area contributed by atoms with Crippen LogP contribution in [0.5, 0.6) is 0 Å². The van der Waals surface area contributed by atoms with Crippen LogP contribution in [-0.2, 0) is 11.3 Å². The Hall–Kier alpha value is -1.98. The number of benzene rings is 1. The predicted molar refractivity (Wildman–Crippen MR) is 76.4 cm³/mol. The summed E-state index contributed by atoms with van der Waals surface area (Å²) in [7, 11) is 1.59. The Morgan fingerprint density at radius 2 is 2.21 bits per heavy atom. The predicted octanol–water partition coefficient (Wildman–Crippen LogP) is 2.80. The van der Waals surface area contributed by atoms with Crippen LogP contribution in [0.1, 0.15) is 5.69 Å². The molecule has 0 radical (unpaired) electrons. The van der Waals surface area contributed by atoms with Crippen LogP contribution in [0.15, 0.2) is 40.5 Å². The molecule has 19 heavy (non-hydrogen) atoms. The van der Waals surface area contributed by atoms with Crippen molar-refractivity contribution in [3.05, 3.63) is 51.8 Å². The summed E-state index contributed by atoms with van der Waals surface area (Å²) in [6.07, 6.45) is 0. The van der Waals surface area contributed by atoms with Crippen LogP contribution in [0.2, 0.25) is 0 Å². The minimum Gasteiger partial charge on any atom is -0.378 e. The summed E-state index contributed by atoms with van der Waals surface area (Å²) in [6.45, 7) is 0.332. The number of ether oxygens (including phenoxy) is 1. The quantitative estimate of drug-likeness (QED) is 0.797. The zero-order chi connectivity index (χ0) is 13.2. The molecule has 0 aliphatic rings. The van der Waals surface area contributed by atoms with E-state index in [1.807, 2.05) is 23.6 Å². The largest absolute Gasteiger partial charge is 0.378 e. The second-order valence-electron chi connectivity index (χ2n) is 4.16. The summed E-state index contributed by atoms with van der Waals surface area (Å²) in [5, 5.41) is 3.12. The third-order valence-corrected chi connectivity index (χ3v) is 3.79. The summed E-state index contributed by atoms with van der Waals surface area (Å²) in [5.41, 5.74) is 1.43. The third kappa shape index (κ3) is 2.30. The smallest absolute Gasteiger partial charge is 0.251 e. The number of aromatic nitrogens is 2. The van der Waals surface area contributed by atoms with Crippen LogP contribution < -0.4 is 5.56 Å². The number of nitrogens with zero attached hydrogens (tertiary/aromatic N) is 1. The van der Waals surface area contributed by atoms with Crippen molar-refractivity contribution < 1.29 is 4.74 Å². The highest BCUT2D eigenvalue weighted by Crippen LogP contribution is 2.31. The molecule has 0 spiro atoms. The number of nitrogens with one attached hydrogen (secondary N) is 1. The number of hydrogen-bond donors (Lipinski definition) is 1. The van der Waals surface area contributed by atoms with Gasteiger partial charge in [-0.2, -0.15) is 0 Å². The monoisotopic (exact) mass is 272 g/mol. The fraction of sp³-hybridized carbons (Fsp3) is 0.143. The lowest BCUT2D eigenvalue weighted by molar-refractivity contribution is 0.181. The molecule has 0 saturated carbocycles. The van der Waals surface area contributed by atoms with Crippen molar-refractivity contribution in [2.24, 2.45) is 0 Å². The highest BCUT2D eigenvalue weighted by Gasteiger charge is 2.09. The first-order valence-electron chi connectivity index (χ1n) is 5.84. The van der Waals surface area contributed by atoms with E-state index in [1.165, 1.54) is 10.8 Å². The molecule has 0 unspecified atom stereocenters. The molecule has 5 heteroatoms. The van der Waals surface area contributed by atoms with Gasteiger partial charge in [-0.05, 0) is 6.07 Å². The summed E-state index contributed by atoms with van der Waals surface area (Å²) < 4.78 is 6.21. The molecule has 2 heterocycles. The molecule has 3 rings (SSSR count). The summed E-state index contributed by atoms with van der Waals surface area (Å²) in [6, 6.07) is 9.53. The summed E-state index contributed by atoms with van der Waals surface area (Å²) in [5.74, 6) is 0.594. The SMILES string of the molecule is COCc1cc(=O)[nH]c(-c2csc3ccccc23)n1. The highest BCUT2D eigenvalue weighted by atomic mass is 32.1. The van der Waals surface area contributed by atoms with E-state index in [4.69, 9.17) is 4.74 Å². The van der Waals surface area contributed by atoms with Crippen LogP contribution in [0.3, 0.4) is 0 Å². The average Bonchev–Trinajstić information content (AvgIpc) is 2.82. The Morgan fingerprint density at radius 3 is 3.05 bits per heavy atom. The fourth-order valence-electron chi connectivity index (χ4n) is 2.02. The Bertz CT molecular complexity index is 776. The highest BCUT2D eigenvalue weighted by molar-refractivity contribution is 7.17. The third-order valence-electron chi connectivity index (χ3n) is 2.82. The zero-order valence-corrected chi connectivity index (χ0v) is 11.2. The van der Waals surface area contributed by atoms with E-state index < -0.39 is 0 Å². The van der Waals surface area contributed by atoms with E-state index in [9.17, 15) is 4.79 Å². The maximum absolute atomic E-state index is 11.7.